The maximum atomic E-state index is 3.78. The summed E-state index contributed by atoms with van der Waals surface area (Å²) >= 11 is 0. The molecule has 0 unspecified atom stereocenters. The Kier molecular flexibility index (Phi) is 15.8. The van der Waals surface area contributed by atoms with Gasteiger partial charge in [0.05, 0.1) is 0 Å². The molecule has 0 saturated heterocycles. The first-order valence-electron chi connectivity index (χ1n) is 3.71. The molecule has 0 N–H and O–H groups in total. The molecule has 0 aliphatic heterocycles. The van der Waals surface area contributed by atoms with E-state index in [-0.39, 0.29) is 21.1 Å². The van der Waals surface area contributed by atoms with Crippen LogP contribution in [0.1, 0.15) is 45.4 Å². The molecule has 0 aromatic rings. The topological polar surface area (TPSA) is 0 Å². The molecule has 0 radical (unpaired) electrons. The van der Waals surface area contributed by atoms with E-state index in [1.165, 1.54) is 32.1 Å². The minimum atomic E-state index is 0. The van der Waals surface area contributed by atoms with Crippen LogP contribution < -0.4 is 0 Å². The molecule has 0 rings (SSSR count). The van der Waals surface area contributed by atoms with Gasteiger partial charge in [-0.15, -0.1) is 0 Å². The van der Waals surface area contributed by atoms with E-state index in [4.69, 9.17) is 0 Å². The molecule has 0 aromatic carbocycles. The minimum absolute atomic E-state index is 0. The van der Waals surface area contributed by atoms with Crippen molar-refractivity contribution in [2.24, 2.45) is 0 Å². The molecule has 9 heavy (non-hydrogen) atoms. The zero-order valence-electron chi connectivity index (χ0n) is 6.36. The monoisotopic (exact) mass is 297 g/mol. The number of hydrogen-bond acceptors (Lipinski definition) is 0. The summed E-state index contributed by atoms with van der Waals surface area (Å²) in [5.41, 5.74) is 0. The van der Waals surface area contributed by atoms with E-state index in [1.807, 2.05) is 0 Å². The first kappa shape index (κ1) is 12.4. The maximum Gasteiger partial charge on any atom is 0 e. The van der Waals surface area contributed by atoms with Crippen molar-refractivity contribution < 1.29 is 21.1 Å². The van der Waals surface area contributed by atoms with Gasteiger partial charge in [-0.1, -0.05) is 39.0 Å². The molecule has 0 aliphatic rings. The second-order valence-electron chi connectivity index (χ2n) is 2.27. The van der Waals surface area contributed by atoms with E-state index in [1.54, 1.807) is 0 Å². The van der Waals surface area contributed by atoms with Gasteiger partial charge in [-0.3, -0.25) is 0 Å². The third kappa shape index (κ3) is 12.0. The summed E-state index contributed by atoms with van der Waals surface area (Å²) < 4.78 is 0. The average Bonchev–Trinajstić information content (AvgIpc) is 1.81. The summed E-state index contributed by atoms with van der Waals surface area (Å²) in [5.74, 6) is 0. The van der Waals surface area contributed by atoms with Gasteiger partial charge in [0.2, 0.25) is 0 Å². The summed E-state index contributed by atoms with van der Waals surface area (Å²) in [5, 5.41) is 0. The van der Waals surface area contributed by atoms with Crippen molar-refractivity contribution in [2.75, 3.05) is 0 Å². The molecule has 0 aromatic heterocycles. The molecule has 0 fully saturated rings. The van der Waals surface area contributed by atoms with Crippen LogP contribution in [0.25, 0.3) is 0 Å². The molecular formula is C8H17W-. The predicted octanol–water partition coefficient (Wildman–Crippen LogP) is 3.18. The summed E-state index contributed by atoms with van der Waals surface area (Å²) in [6.07, 6.45) is 7.98. The van der Waals surface area contributed by atoms with Crippen molar-refractivity contribution in [3.05, 3.63) is 6.92 Å². The Hall–Kier alpha value is 0.688. The molecule has 0 heterocycles. The van der Waals surface area contributed by atoms with Crippen LogP contribution in [-0.4, -0.2) is 0 Å². The van der Waals surface area contributed by atoms with E-state index < -0.39 is 0 Å². The SMILES string of the molecule is [CH2-]CCCCCCC.[W]. The minimum Gasteiger partial charge on any atom is -0.343 e. The quantitative estimate of drug-likeness (QED) is 0.540. The largest absolute Gasteiger partial charge is 0.343 e. The van der Waals surface area contributed by atoms with Gasteiger partial charge in [-0.25, -0.2) is 0 Å². The fourth-order valence-corrected chi connectivity index (χ4v) is 0.780. The fraction of sp³-hybridized carbons (Fsp3) is 0.875. The molecule has 56 valence electrons. The van der Waals surface area contributed by atoms with Crippen LogP contribution in [0.4, 0.5) is 0 Å². The van der Waals surface area contributed by atoms with Crippen LogP contribution in [0.5, 0.6) is 0 Å². The summed E-state index contributed by atoms with van der Waals surface area (Å²) in [4.78, 5) is 0. The second-order valence-corrected chi connectivity index (χ2v) is 2.27. The van der Waals surface area contributed by atoms with E-state index in [0.717, 1.165) is 6.42 Å². The van der Waals surface area contributed by atoms with Gasteiger partial charge in [-0.2, -0.15) is 6.42 Å². The summed E-state index contributed by atoms with van der Waals surface area (Å²) in [6, 6.07) is 0. The number of rotatable bonds is 5. The van der Waals surface area contributed by atoms with Crippen LogP contribution in [0.3, 0.4) is 0 Å². The Balaban J connectivity index is 0. The maximum absolute atomic E-state index is 3.78. The van der Waals surface area contributed by atoms with Crippen molar-refractivity contribution in [3.63, 3.8) is 0 Å². The van der Waals surface area contributed by atoms with Gasteiger partial charge in [0.1, 0.15) is 0 Å². The van der Waals surface area contributed by atoms with Gasteiger partial charge in [0.15, 0.2) is 0 Å². The molecule has 0 nitrogen and oxygen atoms in total. The van der Waals surface area contributed by atoms with E-state index in [9.17, 15) is 0 Å². The van der Waals surface area contributed by atoms with Crippen LogP contribution >= 0.6 is 0 Å². The zero-order chi connectivity index (χ0) is 6.24. The third-order valence-corrected chi connectivity index (χ3v) is 1.35. The average molecular weight is 297 g/mol. The second kappa shape index (κ2) is 11.5. The third-order valence-electron chi connectivity index (χ3n) is 1.35. The van der Waals surface area contributed by atoms with Crippen molar-refractivity contribution in [3.8, 4) is 0 Å². The van der Waals surface area contributed by atoms with Crippen LogP contribution in [0, 0.1) is 6.92 Å². The standard InChI is InChI=1S/C8H17.W/c1-3-5-7-8-6-4-2;/h1,3-8H2,2H3;/q-1;. The van der Waals surface area contributed by atoms with Gasteiger partial charge < -0.3 is 6.92 Å². The molecule has 0 saturated carbocycles. The zero-order valence-corrected chi connectivity index (χ0v) is 9.29. The molecule has 0 atom stereocenters. The van der Waals surface area contributed by atoms with Crippen LogP contribution in [0.2, 0.25) is 0 Å². The molecule has 1 heteroatoms. The smallest absolute Gasteiger partial charge is 0 e. The van der Waals surface area contributed by atoms with Crippen LogP contribution in [0.15, 0.2) is 0 Å². The Morgan fingerprint density at radius 2 is 1.56 bits per heavy atom. The number of unbranched alkanes of at least 4 members (excludes halogenated alkanes) is 5. The Morgan fingerprint density at radius 1 is 1.00 bits per heavy atom. The molecule has 0 amide bonds. The molecule has 0 bridgehead atoms. The van der Waals surface area contributed by atoms with Gasteiger partial charge >= 0.3 is 0 Å². The normalized spacial score (nSPS) is 8.67. The van der Waals surface area contributed by atoms with E-state index in [2.05, 4.69) is 13.8 Å². The predicted molar refractivity (Wildman–Crippen MR) is 38.7 cm³/mol. The van der Waals surface area contributed by atoms with Gasteiger partial charge in [-0.05, 0) is 0 Å². The van der Waals surface area contributed by atoms with Gasteiger partial charge in [0.25, 0.3) is 0 Å². The summed E-state index contributed by atoms with van der Waals surface area (Å²) in [6.45, 7) is 6.02. The number of hydrogen-bond donors (Lipinski definition) is 0. The van der Waals surface area contributed by atoms with E-state index >= 15 is 0 Å². The Bertz CT molecular complexity index is 29.5. The Labute approximate surface area is 73.7 Å². The first-order valence-corrected chi connectivity index (χ1v) is 3.71. The Morgan fingerprint density at radius 3 is 2.00 bits per heavy atom. The molecule has 0 spiro atoms. The van der Waals surface area contributed by atoms with E-state index in [0.29, 0.717) is 0 Å². The van der Waals surface area contributed by atoms with Gasteiger partial charge in [0, 0.05) is 21.1 Å². The molecular weight excluding hydrogens is 280 g/mol. The van der Waals surface area contributed by atoms with Crippen molar-refractivity contribution in [1.29, 1.82) is 0 Å². The van der Waals surface area contributed by atoms with Crippen LogP contribution in [-0.2, 0) is 21.1 Å². The first-order chi connectivity index (χ1) is 3.91. The van der Waals surface area contributed by atoms with Crippen molar-refractivity contribution in [2.45, 2.75) is 45.4 Å². The van der Waals surface area contributed by atoms with Crippen molar-refractivity contribution in [1.82, 2.24) is 0 Å². The molecule has 0 aliphatic carbocycles. The fourth-order valence-electron chi connectivity index (χ4n) is 0.780. The van der Waals surface area contributed by atoms with Crippen molar-refractivity contribution >= 4 is 0 Å². The summed E-state index contributed by atoms with van der Waals surface area (Å²) in [7, 11) is 0.